The van der Waals surface area contributed by atoms with Gasteiger partial charge in [-0.2, -0.15) is 0 Å². The van der Waals surface area contributed by atoms with Gasteiger partial charge in [0.1, 0.15) is 0 Å². The molecule has 0 spiro atoms. The summed E-state index contributed by atoms with van der Waals surface area (Å²) in [4.78, 5) is 7.69. The maximum atomic E-state index is 5.40. The molecule has 0 aromatic heterocycles. The van der Waals surface area contributed by atoms with E-state index in [1.165, 1.54) is 6.42 Å². The molecule has 1 saturated heterocycles. The van der Waals surface area contributed by atoms with Crippen molar-refractivity contribution in [2.45, 2.75) is 18.9 Å². The van der Waals surface area contributed by atoms with Gasteiger partial charge in [0.25, 0.3) is 0 Å². The van der Waals surface area contributed by atoms with Gasteiger partial charge in [0.05, 0.1) is 6.04 Å². The van der Waals surface area contributed by atoms with Gasteiger partial charge >= 0.3 is 0 Å². The number of hydrogen-bond acceptors (Lipinski definition) is 2. The van der Waals surface area contributed by atoms with Crippen molar-refractivity contribution in [2.24, 2.45) is 15.7 Å². The Balaban J connectivity index is 2.40. The van der Waals surface area contributed by atoms with E-state index in [9.17, 15) is 0 Å². The second-order valence-electron chi connectivity index (χ2n) is 2.65. The Bertz CT molecular complexity index is 158. The van der Waals surface area contributed by atoms with Crippen LogP contribution in [0.3, 0.4) is 0 Å². The van der Waals surface area contributed by atoms with E-state index >= 15 is 0 Å². The van der Waals surface area contributed by atoms with Crippen LogP contribution in [0.5, 0.6) is 0 Å². The zero-order chi connectivity index (χ0) is 8.10. The van der Waals surface area contributed by atoms with Crippen LogP contribution in [0.4, 0.5) is 0 Å². The summed E-state index contributed by atoms with van der Waals surface area (Å²) >= 11 is 0. The first-order valence-electron chi connectivity index (χ1n) is 3.83. The number of rotatable bonds is 1. The van der Waals surface area contributed by atoms with Gasteiger partial charge in [-0.3, -0.25) is 0 Å². The molecule has 0 bridgehead atoms. The van der Waals surface area contributed by atoms with Gasteiger partial charge < -0.3 is 11.1 Å². The quantitative estimate of drug-likeness (QED) is 0.404. The molecule has 4 nitrogen and oxygen atoms in total. The van der Waals surface area contributed by atoms with Crippen molar-refractivity contribution in [1.29, 1.82) is 0 Å². The van der Waals surface area contributed by atoms with Crippen LogP contribution in [-0.2, 0) is 0 Å². The minimum absolute atomic E-state index is 0.300. The second kappa shape index (κ2) is 4.08. The Morgan fingerprint density at radius 2 is 2.45 bits per heavy atom. The van der Waals surface area contributed by atoms with Gasteiger partial charge in [-0.15, -0.1) is 0 Å². The molecule has 62 valence electrons. The maximum absolute atomic E-state index is 5.40. The van der Waals surface area contributed by atoms with Gasteiger partial charge in [0.2, 0.25) is 5.96 Å². The van der Waals surface area contributed by atoms with Crippen LogP contribution in [0.1, 0.15) is 12.8 Å². The second-order valence-corrected chi connectivity index (χ2v) is 2.65. The summed E-state index contributed by atoms with van der Waals surface area (Å²) in [6.45, 7) is 5.30. The minimum atomic E-state index is 0.300. The third kappa shape index (κ3) is 2.67. The standard InChI is InChI=1S/C7H14N4/c1-9-7(8)11-6-3-2-4-10-5-6/h6,10H,1-5H2,(H2,8,11). The van der Waals surface area contributed by atoms with Gasteiger partial charge in [-0.05, 0) is 26.1 Å². The highest BCUT2D eigenvalue weighted by molar-refractivity contribution is 5.82. The van der Waals surface area contributed by atoms with Crippen LogP contribution in [0.25, 0.3) is 0 Å². The molecule has 1 rings (SSSR count). The zero-order valence-corrected chi connectivity index (χ0v) is 6.58. The predicted molar refractivity (Wildman–Crippen MR) is 47.1 cm³/mol. The topological polar surface area (TPSA) is 62.8 Å². The third-order valence-corrected chi connectivity index (χ3v) is 1.75. The van der Waals surface area contributed by atoms with E-state index in [1.807, 2.05) is 0 Å². The van der Waals surface area contributed by atoms with E-state index in [0.29, 0.717) is 12.0 Å². The van der Waals surface area contributed by atoms with E-state index < -0.39 is 0 Å². The number of aliphatic imine (C=N–C) groups is 2. The van der Waals surface area contributed by atoms with Gasteiger partial charge in [0, 0.05) is 6.54 Å². The van der Waals surface area contributed by atoms with Gasteiger partial charge in [-0.25, -0.2) is 9.98 Å². The highest BCUT2D eigenvalue weighted by Gasteiger charge is 2.10. The molecule has 0 radical (unpaired) electrons. The molecule has 0 aromatic rings. The first-order chi connectivity index (χ1) is 5.33. The van der Waals surface area contributed by atoms with Gasteiger partial charge in [-0.1, -0.05) is 0 Å². The SMILES string of the molecule is C=NC(N)=NC1CCCNC1. The molecule has 0 amide bonds. The summed E-state index contributed by atoms with van der Waals surface area (Å²) in [6.07, 6.45) is 2.27. The Morgan fingerprint density at radius 3 is 3.00 bits per heavy atom. The van der Waals surface area contributed by atoms with Crippen molar-refractivity contribution >= 4 is 12.7 Å². The Morgan fingerprint density at radius 1 is 1.64 bits per heavy atom. The lowest BCUT2D eigenvalue weighted by Gasteiger charge is -2.18. The number of hydrogen-bond donors (Lipinski definition) is 2. The van der Waals surface area contributed by atoms with E-state index in [0.717, 1.165) is 19.5 Å². The normalized spacial score (nSPS) is 26.5. The Hall–Kier alpha value is -0.900. The first kappa shape index (κ1) is 8.20. The van der Waals surface area contributed by atoms with Crippen molar-refractivity contribution in [3.8, 4) is 0 Å². The summed E-state index contributed by atoms with van der Waals surface area (Å²) in [5.41, 5.74) is 5.40. The molecule has 1 fully saturated rings. The third-order valence-electron chi connectivity index (χ3n) is 1.75. The summed E-state index contributed by atoms with van der Waals surface area (Å²) in [7, 11) is 0. The van der Waals surface area contributed by atoms with Crippen LogP contribution >= 0.6 is 0 Å². The largest absolute Gasteiger partial charge is 0.368 e. The fourth-order valence-electron chi connectivity index (χ4n) is 1.17. The van der Waals surface area contributed by atoms with Crippen molar-refractivity contribution in [1.82, 2.24) is 5.32 Å². The van der Waals surface area contributed by atoms with E-state index in [1.54, 1.807) is 0 Å². The highest BCUT2D eigenvalue weighted by atomic mass is 15.1. The Labute approximate surface area is 66.6 Å². The maximum Gasteiger partial charge on any atom is 0.214 e. The van der Waals surface area contributed by atoms with Crippen LogP contribution in [-0.4, -0.2) is 31.8 Å². The average molecular weight is 154 g/mol. The van der Waals surface area contributed by atoms with E-state index in [4.69, 9.17) is 5.73 Å². The molecule has 4 heteroatoms. The fourth-order valence-corrected chi connectivity index (χ4v) is 1.17. The molecular weight excluding hydrogens is 140 g/mol. The molecule has 1 unspecified atom stereocenters. The predicted octanol–water partition coefficient (Wildman–Crippen LogP) is -0.246. The van der Waals surface area contributed by atoms with Gasteiger partial charge in [0.15, 0.2) is 0 Å². The molecule has 11 heavy (non-hydrogen) atoms. The molecule has 0 aromatic carbocycles. The van der Waals surface area contributed by atoms with Crippen molar-refractivity contribution in [3.63, 3.8) is 0 Å². The van der Waals surface area contributed by atoms with Crippen LogP contribution in [0.2, 0.25) is 0 Å². The fraction of sp³-hybridized carbons (Fsp3) is 0.714. The lowest BCUT2D eigenvalue weighted by atomic mass is 10.1. The number of guanidine groups is 1. The van der Waals surface area contributed by atoms with E-state index in [2.05, 4.69) is 22.0 Å². The monoisotopic (exact) mass is 154 g/mol. The lowest BCUT2D eigenvalue weighted by Crippen LogP contribution is -2.33. The lowest BCUT2D eigenvalue weighted by molar-refractivity contribution is 0.460. The van der Waals surface area contributed by atoms with Crippen molar-refractivity contribution in [2.75, 3.05) is 13.1 Å². The zero-order valence-electron chi connectivity index (χ0n) is 6.58. The molecule has 1 heterocycles. The van der Waals surface area contributed by atoms with Crippen molar-refractivity contribution < 1.29 is 0 Å². The molecule has 1 atom stereocenters. The number of nitrogens with one attached hydrogen (secondary N) is 1. The minimum Gasteiger partial charge on any atom is -0.368 e. The molecule has 1 aliphatic heterocycles. The molecular formula is C7H14N4. The molecule has 3 N–H and O–H groups in total. The summed E-state index contributed by atoms with van der Waals surface area (Å²) in [6, 6.07) is 0.300. The average Bonchev–Trinajstić information content (AvgIpc) is 2.06. The highest BCUT2D eigenvalue weighted by Crippen LogP contribution is 2.04. The summed E-state index contributed by atoms with van der Waals surface area (Å²) < 4.78 is 0. The summed E-state index contributed by atoms with van der Waals surface area (Å²) in [5, 5.41) is 3.24. The number of nitrogens with zero attached hydrogens (tertiary/aromatic N) is 2. The summed E-state index contributed by atoms with van der Waals surface area (Å²) in [5.74, 6) is 0.304. The number of piperidine rings is 1. The molecule has 0 aliphatic carbocycles. The molecule has 0 saturated carbocycles. The Kier molecular flexibility index (Phi) is 3.04. The first-order valence-corrected chi connectivity index (χ1v) is 3.83. The van der Waals surface area contributed by atoms with Crippen LogP contribution in [0.15, 0.2) is 9.98 Å². The van der Waals surface area contributed by atoms with Crippen molar-refractivity contribution in [3.05, 3.63) is 0 Å². The smallest absolute Gasteiger partial charge is 0.214 e. The van der Waals surface area contributed by atoms with Crippen LogP contribution < -0.4 is 11.1 Å². The number of nitrogens with two attached hydrogens (primary N) is 1. The molecule has 1 aliphatic rings. The van der Waals surface area contributed by atoms with E-state index in [-0.39, 0.29) is 0 Å². The van der Waals surface area contributed by atoms with Crippen LogP contribution in [0, 0.1) is 0 Å².